The average Bonchev–Trinajstić information content (AvgIpc) is 3.07. The van der Waals surface area contributed by atoms with Crippen molar-refractivity contribution in [3.63, 3.8) is 0 Å². The van der Waals surface area contributed by atoms with Gasteiger partial charge in [-0.15, -0.1) is 5.10 Å². The molecule has 21 heavy (non-hydrogen) atoms. The molecule has 8 heteroatoms. The van der Waals surface area contributed by atoms with Gasteiger partial charge in [-0.25, -0.2) is 9.48 Å². The first-order valence-electron chi connectivity index (χ1n) is 7.14. The van der Waals surface area contributed by atoms with Crippen LogP contribution in [-0.2, 0) is 17.9 Å². The highest BCUT2D eigenvalue weighted by Gasteiger charge is 2.19. The Morgan fingerprint density at radius 3 is 2.86 bits per heavy atom. The lowest BCUT2D eigenvalue weighted by Crippen LogP contribution is -2.39. The maximum Gasteiger partial charge on any atom is 0.325 e. The van der Waals surface area contributed by atoms with Crippen molar-refractivity contribution in [3.8, 4) is 0 Å². The number of carbonyl (C=O) groups excluding carboxylic acids is 1. The summed E-state index contributed by atoms with van der Waals surface area (Å²) in [4.78, 5) is 24.2. The highest BCUT2D eigenvalue weighted by atomic mass is 16.4. The van der Waals surface area contributed by atoms with E-state index < -0.39 is 5.97 Å². The molecule has 116 valence electrons. The molecule has 0 radical (unpaired) electrons. The number of nitrogens with zero attached hydrogens (tertiary/aromatic N) is 4. The summed E-state index contributed by atoms with van der Waals surface area (Å²) in [5.41, 5.74) is 0.541. The fourth-order valence-electron chi connectivity index (χ4n) is 2.60. The summed E-state index contributed by atoms with van der Waals surface area (Å²) in [6.07, 6.45) is 6.42. The monoisotopic (exact) mass is 295 g/mol. The molecule has 1 aliphatic carbocycles. The van der Waals surface area contributed by atoms with Crippen molar-refractivity contribution in [2.45, 2.75) is 38.8 Å². The van der Waals surface area contributed by atoms with E-state index in [1.54, 1.807) is 11.9 Å². The minimum absolute atomic E-state index is 0.144. The maximum atomic E-state index is 12.0. The summed E-state index contributed by atoms with van der Waals surface area (Å²) < 4.78 is 1.23. The molecule has 1 heterocycles. The first kappa shape index (κ1) is 15.3. The molecule has 0 spiro atoms. The molecule has 1 fully saturated rings. The van der Waals surface area contributed by atoms with Crippen molar-refractivity contribution < 1.29 is 14.7 Å². The van der Waals surface area contributed by atoms with Gasteiger partial charge >= 0.3 is 12.0 Å². The van der Waals surface area contributed by atoms with Crippen LogP contribution in [0.2, 0.25) is 0 Å². The van der Waals surface area contributed by atoms with Crippen molar-refractivity contribution in [3.05, 3.63) is 11.9 Å². The number of carboxylic acids is 1. The average molecular weight is 295 g/mol. The minimum Gasteiger partial charge on any atom is -0.480 e. The zero-order valence-corrected chi connectivity index (χ0v) is 12.2. The van der Waals surface area contributed by atoms with Gasteiger partial charge in [-0.1, -0.05) is 18.1 Å². The Morgan fingerprint density at radius 2 is 2.19 bits per heavy atom. The molecule has 1 saturated carbocycles. The first-order valence-corrected chi connectivity index (χ1v) is 7.14. The second-order valence-electron chi connectivity index (χ2n) is 5.49. The highest BCUT2D eigenvalue weighted by molar-refractivity contribution is 5.73. The number of hydrogen-bond acceptors (Lipinski definition) is 4. The lowest BCUT2D eigenvalue weighted by atomic mass is 10.1. The van der Waals surface area contributed by atoms with Gasteiger partial charge in [-0.05, 0) is 18.8 Å². The maximum absolute atomic E-state index is 12.0. The molecule has 8 nitrogen and oxygen atoms in total. The second-order valence-corrected chi connectivity index (χ2v) is 5.49. The fourth-order valence-corrected chi connectivity index (χ4v) is 2.60. The summed E-state index contributed by atoms with van der Waals surface area (Å²) >= 11 is 0. The third-order valence-corrected chi connectivity index (χ3v) is 3.66. The molecule has 1 aromatic rings. The Kier molecular flexibility index (Phi) is 5.13. The van der Waals surface area contributed by atoms with Gasteiger partial charge in [0, 0.05) is 13.6 Å². The quantitative estimate of drug-likeness (QED) is 0.804. The van der Waals surface area contributed by atoms with E-state index in [1.807, 2.05) is 0 Å². The molecule has 2 N–H and O–H groups in total. The highest BCUT2D eigenvalue weighted by Crippen LogP contribution is 2.25. The van der Waals surface area contributed by atoms with Gasteiger partial charge in [0.05, 0.1) is 12.7 Å². The topological polar surface area (TPSA) is 100 Å². The van der Waals surface area contributed by atoms with Crippen molar-refractivity contribution in [1.82, 2.24) is 25.2 Å². The normalized spacial score (nSPS) is 15.1. The van der Waals surface area contributed by atoms with E-state index in [-0.39, 0.29) is 19.1 Å². The van der Waals surface area contributed by atoms with Gasteiger partial charge in [0.2, 0.25) is 0 Å². The minimum atomic E-state index is -0.980. The van der Waals surface area contributed by atoms with Crippen molar-refractivity contribution in [1.29, 1.82) is 0 Å². The second kappa shape index (κ2) is 7.05. The Hall–Kier alpha value is -2.12. The van der Waals surface area contributed by atoms with Crippen LogP contribution in [0, 0.1) is 5.92 Å². The summed E-state index contributed by atoms with van der Waals surface area (Å²) in [5.74, 6) is -0.371. The third-order valence-electron chi connectivity index (χ3n) is 3.66. The first-order chi connectivity index (χ1) is 10.0. The summed E-state index contributed by atoms with van der Waals surface area (Å²) in [6.45, 7) is 0.785. The number of aromatic nitrogens is 3. The molecule has 1 aliphatic rings. The van der Waals surface area contributed by atoms with Crippen LogP contribution in [0.3, 0.4) is 0 Å². The van der Waals surface area contributed by atoms with Gasteiger partial charge in [0.15, 0.2) is 0 Å². The Labute approximate surface area is 123 Å². The van der Waals surface area contributed by atoms with Crippen LogP contribution >= 0.6 is 0 Å². The molecule has 2 rings (SSSR count). The SMILES string of the molecule is CN(CC1CCCC1)C(=O)NCc1cn(CC(=O)O)nn1. The van der Waals surface area contributed by atoms with Crippen LogP contribution in [-0.4, -0.2) is 50.6 Å². The summed E-state index contributed by atoms with van der Waals surface area (Å²) in [5, 5.41) is 18.9. The number of nitrogens with one attached hydrogen (secondary N) is 1. The number of hydrogen-bond donors (Lipinski definition) is 2. The van der Waals surface area contributed by atoms with E-state index in [0.29, 0.717) is 11.6 Å². The lowest BCUT2D eigenvalue weighted by molar-refractivity contribution is -0.137. The lowest BCUT2D eigenvalue weighted by Gasteiger charge is -2.21. The predicted molar refractivity (Wildman–Crippen MR) is 74.5 cm³/mol. The van der Waals surface area contributed by atoms with Crippen LogP contribution in [0.25, 0.3) is 0 Å². The van der Waals surface area contributed by atoms with E-state index in [4.69, 9.17) is 5.11 Å². The molecule has 0 atom stereocenters. The van der Waals surface area contributed by atoms with Gasteiger partial charge in [0.25, 0.3) is 0 Å². The van der Waals surface area contributed by atoms with E-state index in [0.717, 1.165) is 6.54 Å². The molecule has 2 amide bonds. The fraction of sp³-hybridized carbons (Fsp3) is 0.692. The molecular formula is C13H21N5O3. The van der Waals surface area contributed by atoms with E-state index in [1.165, 1.54) is 36.6 Å². The number of rotatable bonds is 6. The molecular weight excluding hydrogens is 274 g/mol. The van der Waals surface area contributed by atoms with Gasteiger partial charge < -0.3 is 15.3 Å². The number of amides is 2. The van der Waals surface area contributed by atoms with Gasteiger partial charge in [-0.3, -0.25) is 4.79 Å². The van der Waals surface area contributed by atoms with E-state index in [2.05, 4.69) is 15.6 Å². The summed E-state index contributed by atoms with van der Waals surface area (Å²) in [7, 11) is 1.79. The van der Waals surface area contributed by atoms with E-state index in [9.17, 15) is 9.59 Å². The van der Waals surface area contributed by atoms with Crippen LogP contribution < -0.4 is 5.32 Å². The molecule has 1 aromatic heterocycles. The number of aliphatic carboxylic acids is 1. The number of carbonyl (C=O) groups is 2. The molecule has 0 saturated heterocycles. The zero-order chi connectivity index (χ0) is 15.2. The van der Waals surface area contributed by atoms with Crippen LogP contribution in [0.15, 0.2) is 6.20 Å². The van der Waals surface area contributed by atoms with E-state index >= 15 is 0 Å². The smallest absolute Gasteiger partial charge is 0.325 e. The number of urea groups is 1. The van der Waals surface area contributed by atoms with Crippen LogP contribution in [0.1, 0.15) is 31.4 Å². The van der Waals surface area contributed by atoms with Gasteiger partial charge in [0.1, 0.15) is 12.2 Å². The summed E-state index contributed by atoms with van der Waals surface area (Å²) in [6, 6.07) is -0.144. The van der Waals surface area contributed by atoms with Gasteiger partial charge in [-0.2, -0.15) is 0 Å². The zero-order valence-electron chi connectivity index (χ0n) is 12.2. The van der Waals surface area contributed by atoms with Crippen LogP contribution in [0.5, 0.6) is 0 Å². The molecule has 0 aromatic carbocycles. The molecule has 0 unspecified atom stereocenters. The Morgan fingerprint density at radius 1 is 1.48 bits per heavy atom. The van der Waals surface area contributed by atoms with Crippen LogP contribution in [0.4, 0.5) is 4.79 Å². The third kappa shape index (κ3) is 4.73. The Balaban J connectivity index is 1.74. The van der Waals surface area contributed by atoms with Crippen molar-refractivity contribution in [2.24, 2.45) is 5.92 Å². The molecule has 0 bridgehead atoms. The Bertz CT molecular complexity index is 496. The van der Waals surface area contributed by atoms with Crippen molar-refractivity contribution >= 4 is 12.0 Å². The predicted octanol–water partition coefficient (Wildman–Crippen LogP) is 0.694. The standard InChI is InChI=1S/C13H21N5O3/c1-17(7-10-4-2-3-5-10)13(21)14-6-11-8-18(16-15-11)9-12(19)20/h8,10H,2-7,9H2,1H3,(H,14,21)(H,19,20). The van der Waals surface area contributed by atoms with Crippen molar-refractivity contribution in [2.75, 3.05) is 13.6 Å². The largest absolute Gasteiger partial charge is 0.480 e. The molecule has 0 aliphatic heterocycles. The number of carboxylic acid groups (broad SMARTS) is 1.